The van der Waals surface area contributed by atoms with Crippen molar-refractivity contribution in [2.45, 2.75) is 51.9 Å². The average Bonchev–Trinajstić information content (AvgIpc) is 2.64. The fraction of sp³-hybridized carbons (Fsp3) is 0.409. The molecule has 0 saturated heterocycles. The summed E-state index contributed by atoms with van der Waals surface area (Å²) in [5.74, 6) is 0.843. The average molecular weight is 354 g/mol. The number of anilines is 2. The summed E-state index contributed by atoms with van der Waals surface area (Å²) in [6, 6.07) is 15.2. The molecule has 0 aliphatic carbocycles. The van der Waals surface area contributed by atoms with Crippen LogP contribution in [0.5, 0.6) is 5.75 Å². The van der Waals surface area contributed by atoms with Crippen molar-refractivity contribution in [2.75, 3.05) is 17.7 Å². The first kappa shape index (κ1) is 19.8. The Balaban J connectivity index is 1.68. The molecular weight excluding hydrogens is 324 g/mol. The number of rotatable bonds is 11. The highest BCUT2D eigenvalue weighted by atomic mass is 16.5. The summed E-state index contributed by atoms with van der Waals surface area (Å²) in [6.45, 7) is 2.96. The van der Waals surface area contributed by atoms with Gasteiger partial charge < -0.3 is 15.8 Å². The summed E-state index contributed by atoms with van der Waals surface area (Å²) in [5.41, 5.74) is 8.34. The summed E-state index contributed by atoms with van der Waals surface area (Å²) < 4.78 is 5.74. The van der Waals surface area contributed by atoms with Gasteiger partial charge in [-0.2, -0.15) is 0 Å². The second kappa shape index (κ2) is 11.2. The normalized spacial score (nSPS) is 10.5. The van der Waals surface area contributed by atoms with Gasteiger partial charge in [-0.05, 0) is 54.8 Å². The summed E-state index contributed by atoms with van der Waals surface area (Å²) >= 11 is 0. The van der Waals surface area contributed by atoms with Gasteiger partial charge in [0.15, 0.2) is 0 Å². The first-order valence-corrected chi connectivity index (χ1v) is 9.54. The number of carbonyl (C=O) groups is 1. The van der Waals surface area contributed by atoms with Crippen molar-refractivity contribution in [3.05, 3.63) is 54.1 Å². The SMILES string of the molecule is CCCCCCCOc1ccc(NC(=O)CCc2cccc(N)c2)cc1. The monoisotopic (exact) mass is 354 g/mol. The van der Waals surface area contributed by atoms with E-state index in [4.69, 9.17) is 10.5 Å². The second-order valence-corrected chi connectivity index (χ2v) is 6.58. The standard InChI is InChI=1S/C22H30N2O2/c1-2-3-4-5-6-16-26-21-13-11-20(12-14-21)24-22(25)15-10-18-8-7-9-19(23)17-18/h7-9,11-14,17H,2-6,10,15-16,23H2,1H3,(H,24,25). The Labute approximate surface area is 156 Å². The Morgan fingerprint density at radius 3 is 2.54 bits per heavy atom. The zero-order valence-electron chi connectivity index (χ0n) is 15.7. The number of hydrogen-bond donors (Lipinski definition) is 2. The zero-order chi connectivity index (χ0) is 18.6. The van der Waals surface area contributed by atoms with Crippen LogP contribution in [0.4, 0.5) is 11.4 Å². The number of hydrogen-bond acceptors (Lipinski definition) is 3. The minimum Gasteiger partial charge on any atom is -0.494 e. The molecular formula is C22H30N2O2. The van der Waals surface area contributed by atoms with E-state index in [0.717, 1.165) is 35.7 Å². The number of aryl methyl sites for hydroxylation is 1. The minimum atomic E-state index is -0.00276. The Hall–Kier alpha value is -2.49. The molecule has 26 heavy (non-hydrogen) atoms. The van der Waals surface area contributed by atoms with Gasteiger partial charge in [-0.1, -0.05) is 44.7 Å². The van der Waals surface area contributed by atoms with Gasteiger partial charge >= 0.3 is 0 Å². The zero-order valence-corrected chi connectivity index (χ0v) is 15.7. The Kier molecular flexibility index (Phi) is 8.53. The van der Waals surface area contributed by atoms with Crippen molar-refractivity contribution in [2.24, 2.45) is 0 Å². The van der Waals surface area contributed by atoms with Crippen molar-refractivity contribution < 1.29 is 9.53 Å². The van der Waals surface area contributed by atoms with E-state index in [1.165, 1.54) is 25.7 Å². The molecule has 0 fully saturated rings. The topological polar surface area (TPSA) is 64.3 Å². The van der Waals surface area contributed by atoms with Crippen LogP contribution in [0.15, 0.2) is 48.5 Å². The minimum absolute atomic E-state index is 0.00276. The smallest absolute Gasteiger partial charge is 0.224 e. The molecule has 2 aromatic carbocycles. The number of unbranched alkanes of at least 4 members (excludes halogenated alkanes) is 4. The fourth-order valence-corrected chi connectivity index (χ4v) is 2.76. The lowest BCUT2D eigenvalue weighted by molar-refractivity contribution is -0.116. The van der Waals surface area contributed by atoms with E-state index in [9.17, 15) is 4.79 Å². The predicted octanol–water partition coefficient (Wildman–Crippen LogP) is 5.19. The molecule has 0 atom stereocenters. The second-order valence-electron chi connectivity index (χ2n) is 6.58. The summed E-state index contributed by atoms with van der Waals surface area (Å²) in [4.78, 5) is 12.1. The number of nitrogens with two attached hydrogens (primary N) is 1. The van der Waals surface area contributed by atoms with Crippen molar-refractivity contribution >= 4 is 17.3 Å². The van der Waals surface area contributed by atoms with Crippen LogP contribution in [0.3, 0.4) is 0 Å². The molecule has 0 aromatic heterocycles. The van der Waals surface area contributed by atoms with Crippen molar-refractivity contribution in [1.82, 2.24) is 0 Å². The van der Waals surface area contributed by atoms with Crippen LogP contribution in [0, 0.1) is 0 Å². The predicted molar refractivity (Wildman–Crippen MR) is 109 cm³/mol. The molecule has 2 aromatic rings. The van der Waals surface area contributed by atoms with Gasteiger partial charge in [-0.3, -0.25) is 4.79 Å². The number of carbonyl (C=O) groups excluding carboxylic acids is 1. The van der Waals surface area contributed by atoms with Crippen LogP contribution in [0.25, 0.3) is 0 Å². The maximum Gasteiger partial charge on any atom is 0.224 e. The van der Waals surface area contributed by atoms with Crippen LogP contribution in [-0.2, 0) is 11.2 Å². The number of amides is 1. The number of nitrogens with one attached hydrogen (secondary N) is 1. The molecule has 0 bridgehead atoms. The van der Waals surface area contributed by atoms with Crippen LogP contribution in [0.2, 0.25) is 0 Å². The Morgan fingerprint density at radius 1 is 1.04 bits per heavy atom. The van der Waals surface area contributed by atoms with E-state index >= 15 is 0 Å². The molecule has 4 nitrogen and oxygen atoms in total. The van der Waals surface area contributed by atoms with Crippen molar-refractivity contribution in [3.8, 4) is 5.75 Å². The van der Waals surface area contributed by atoms with Crippen molar-refractivity contribution in [1.29, 1.82) is 0 Å². The molecule has 0 aliphatic rings. The first-order valence-electron chi connectivity index (χ1n) is 9.54. The number of ether oxygens (including phenoxy) is 1. The van der Waals surface area contributed by atoms with Gasteiger partial charge in [-0.25, -0.2) is 0 Å². The van der Waals surface area contributed by atoms with Crippen LogP contribution in [0.1, 0.15) is 51.0 Å². The van der Waals surface area contributed by atoms with Gasteiger partial charge in [0.2, 0.25) is 5.91 Å². The third-order valence-electron chi connectivity index (χ3n) is 4.25. The third kappa shape index (κ3) is 7.60. The quantitative estimate of drug-likeness (QED) is 0.431. The summed E-state index contributed by atoms with van der Waals surface area (Å²) in [7, 11) is 0. The number of nitrogen functional groups attached to an aromatic ring is 1. The molecule has 2 rings (SSSR count). The first-order chi connectivity index (χ1) is 12.7. The highest BCUT2D eigenvalue weighted by molar-refractivity contribution is 5.90. The molecule has 0 aliphatic heterocycles. The molecule has 0 unspecified atom stereocenters. The Bertz CT molecular complexity index is 668. The van der Waals surface area contributed by atoms with E-state index in [0.29, 0.717) is 12.8 Å². The lowest BCUT2D eigenvalue weighted by atomic mass is 10.1. The molecule has 0 spiro atoms. The van der Waals surface area contributed by atoms with Crippen LogP contribution >= 0.6 is 0 Å². The van der Waals surface area contributed by atoms with Gasteiger partial charge in [0.1, 0.15) is 5.75 Å². The van der Waals surface area contributed by atoms with Gasteiger partial charge in [0.05, 0.1) is 6.61 Å². The van der Waals surface area contributed by atoms with Crippen LogP contribution < -0.4 is 15.8 Å². The van der Waals surface area contributed by atoms with Crippen molar-refractivity contribution in [3.63, 3.8) is 0 Å². The lowest BCUT2D eigenvalue weighted by Gasteiger charge is -2.09. The fourth-order valence-electron chi connectivity index (χ4n) is 2.76. The van der Waals surface area contributed by atoms with Gasteiger partial charge in [-0.15, -0.1) is 0 Å². The van der Waals surface area contributed by atoms with E-state index in [-0.39, 0.29) is 5.91 Å². The van der Waals surface area contributed by atoms with E-state index in [2.05, 4.69) is 12.2 Å². The Morgan fingerprint density at radius 2 is 1.81 bits per heavy atom. The molecule has 0 radical (unpaired) electrons. The highest BCUT2D eigenvalue weighted by Gasteiger charge is 2.04. The van der Waals surface area contributed by atoms with E-state index < -0.39 is 0 Å². The third-order valence-corrected chi connectivity index (χ3v) is 4.25. The van der Waals surface area contributed by atoms with Crippen LogP contribution in [-0.4, -0.2) is 12.5 Å². The van der Waals surface area contributed by atoms with E-state index in [1.54, 1.807) is 0 Å². The molecule has 3 N–H and O–H groups in total. The lowest BCUT2D eigenvalue weighted by Crippen LogP contribution is -2.12. The highest BCUT2D eigenvalue weighted by Crippen LogP contribution is 2.17. The van der Waals surface area contributed by atoms with Gasteiger partial charge in [0.25, 0.3) is 0 Å². The maximum absolute atomic E-state index is 12.1. The largest absolute Gasteiger partial charge is 0.494 e. The van der Waals surface area contributed by atoms with Gasteiger partial charge in [0, 0.05) is 17.8 Å². The molecule has 140 valence electrons. The maximum atomic E-state index is 12.1. The molecule has 1 amide bonds. The molecule has 0 heterocycles. The molecule has 4 heteroatoms. The van der Waals surface area contributed by atoms with E-state index in [1.807, 2.05) is 48.5 Å². The summed E-state index contributed by atoms with van der Waals surface area (Å²) in [6.07, 6.45) is 7.24. The summed E-state index contributed by atoms with van der Waals surface area (Å²) in [5, 5.41) is 2.92. The number of benzene rings is 2. The molecule has 0 saturated carbocycles.